The first kappa shape index (κ1) is 15.7. The van der Waals surface area contributed by atoms with E-state index in [0.29, 0.717) is 18.0 Å². The number of sulfonamides is 1. The van der Waals surface area contributed by atoms with E-state index in [0.717, 1.165) is 28.1 Å². The third-order valence-corrected chi connectivity index (χ3v) is 7.50. The van der Waals surface area contributed by atoms with Crippen molar-refractivity contribution < 1.29 is 8.42 Å². The first-order chi connectivity index (χ1) is 11.6. The van der Waals surface area contributed by atoms with Crippen LogP contribution in [0.3, 0.4) is 0 Å². The van der Waals surface area contributed by atoms with Crippen molar-refractivity contribution in [1.29, 1.82) is 0 Å². The lowest BCUT2D eigenvalue weighted by Crippen LogP contribution is -2.39. The van der Waals surface area contributed by atoms with Crippen molar-refractivity contribution in [1.82, 2.24) is 9.29 Å². The van der Waals surface area contributed by atoms with E-state index in [1.807, 2.05) is 24.3 Å². The van der Waals surface area contributed by atoms with Crippen LogP contribution in [-0.4, -0.2) is 30.8 Å². The predicted octanol–water partition coefficient (Wildman–Crippen LogP) is 3.86. The smallest absolute Gasteiger partial charge is 0.241 e. The molecular formula is C18H18N2O2S2. The third kappa shape index (κ3) is 2.85. The zero-order valence-corrected chi connectivity index (χ0v) is 14.8. The molecule has 0 saturated carbocycles. The molecule has 0 bridgehead atoms. The van der Waals surface area contributed by atoms with E-state index in [2.05, 4.69) is 6.07 Å². The molecule has 2 aromatic carbocycles. The molecule has 4 rings (SSSR count). The second-order valence-corrected chi connectivity index (χ2v) is 9.04. The Labute approximate surface area is 145 Å². The van der Waals surface area contributed by atoms with E-state index in [9.17, 15) is 8.42 Å². The average molecular weight is 358 g/mol. The molecule has 1 aromatic heterocycles. The fourth-order valence-electron chi connectivity index (χ4n) is 3.17. The molecule has 1 atom stereocenters. The summed E-state index contributed by atoms with van der Waals surface area (Å²) in [6.07, 6.45) is 1.85. The fourth-order valence-corrected chi connectivity index (χ4v) is 5.81. The number of rotatable bonds is 3. The van der Waals surface area contributed by atoms with E-state index >= 15 is 0 Å². The molecule has 0 amide bonds. The van der Waals surface area contributed by atoms with Crippen LogP contribution in [0.4, 0.5) is 0 Å². The van der Waals surface area contributed by atoms with Gasteiger partial charge in [0.1, 0.15) is 0 Å². The Hall–Kier alpha value is -1.76. The van der Waals surface area contributed by atoms with Gasteiger partial charge in [-0.1, -0.05) is 30.3 Å². The van der Waals surface area contributed by atoms with Gasteiger partial charge in [-0.05, 0) is 37.1 Å². The molecule has 0 spiro atoms. The molecule has 3 aromatic rings. The Morgan fingerprint density at radius 2 is 1.79 bits per heavy atom. The van der Waals surface area contributed by atoms with Crippen LogP contribution in [0, 0.1) is 0 Å². The first-order valence-corrected chi connectivity index (χ1v) is 10.3. The van der Waals surface area contributed by atoms with Gasteiger partial charge in [-0.15, -0.1) is 11.3 Å². The summed E-state index contributed by atoms with van der Waals surface area (Å²) in [4.78, 5) is 5.09. The number of para-hydroxylation sites is 1. The Bertz CT molecular complexity index is 918. The monoisotopic (exact) mass is 358 g/mol. The number of thiazole rings is 1. The molecule has 0 radical (unpaired) electrons. The maximum Gasteiger partial charge on any atom is 0.243 e. The molecule has 0 N–H and O–H groups in total. The largest absolute Gasteiger partial charge is 0.243 e. The topological polar surface area (TPSA) is 50.3 Å². The summed E-state index contributed by atoms with van der Waals surface area (Å²) in [5.41, 5.74) is 1.00. The van der Waals surface area contributed by atoms with Gasteiger partial charge in [0, 0.05) is 19.0 Å². The van der Waals surface area contributed by atoms with E-state index in [4.69, 9.17) is 4.98 Å². The predicted molar refractivity (Wildman–Crippen MR) is 96.8 cm³/mol. The van der Waals surface area contributed by atoms with Gasteiger partial charge in [-0.25, -0.2) is 13.4 Å². The van der Waals surface area contributed by atoms with Gasteiger partial charge in [-0.2, -0.15) is 4.31 Å². The summed E-state index contributed by atoms with van der Waals surface area (Å²) < 4.78 is 28.5. The fraction of sp³-hybridized carbons (Fsp3) is 0.278. The molecule has 0 aliphatic carbocycles. The summed E-state index contributed by atoms with van der Waals surface area (Å²) in [5.74, 6) is 0.176. The van der Waals surface area contributed by atoms with Crippen LogP contribution in [0.25, 0.3) is 10.2 Å². The molecule has 1 saturated heterocycles. The van der Waals surface area contributed by atoms with Crippen molar-refractivity contribution in [2.24, 2.45) is 0 Å². The summed E-state index contributed by atoms with van der Waals surface area (Å²) in [6.45, 7) is 1.09. The molecule has 6 heteroatoms. The lowest BCUT2D eigenvalue weighted by atomic mass is 10.0. The molecule has 1 aliphatic heterocycles. The van der Waals surface area contributed by atoms with Crippen LogP contribution in [0.15, 0.2) is 59.5 Å². The highest BCUT2D eigenvalue weighted by molar-refractivity contribution is 7.89. The highest BCUT2D eigenvalue weighted by atomic mass is 32.2. The minimum Gasteiger partial charge on any atom is -0.241 e. The number of benzene rings is 2. The number of nitrogens with zero attached hydrogens (tertiary/aromatic N) is 2. The zero-order valence-electron chi connectivity index (χ0n) is 13.1. The number of aromatic nitrogens is 1. The number of hydrogen-bond donors (Lipinski definition) is 0. The van der Waals surface area contributed by atoms with Crippen molar-refractivity contribution in [3.8, 4) is 0 Å². The van der Waals surface area contributed by atoms with Crippen molar-refractivity contribution >= 4 is 31.6 Å². The standard InChI is InChI=1S/C18H18N2O2S2/c21-24(22,15-8-2-1-3-9-15)20-12-6-7-14(13-20)18-19-16-10-4-5-11-17(16)23-18/h1-5,8-11,14H,6-7,12-13H2. The average Bonchev–Trinajstić information content (AvgIpc) is 3.07. The van der Waals surface area contributed by atoms with E-state index in [-0.39, 0.29) is 5.92 Å². The second-order valence-electron chi connectivity index (χ2n) is 6.04. The Morgan fingerprint density at radius 3 is 2.58 bits per heavy atom. The molecular weight excluding hydrogens is 340 g/mol. The minimum absolute atomic E-state index is 0.176. The second kappa shape index (κ2) is 6.27. The highest BCUT2D eigenvalue weighted by Gasteiger charge is 2.32. The van der Waals surface area contributed by atoms with Crippen LogP contribution < -0.4 is 0 Å². The number of fused-ring (bicyclic) bond motifs is 1. The normalized spacial score (nSPS) is 19.6. The number of hydrogen-bond acceptors (Lipinski definition) is 4. The summed E-state index contributed by atoms with van der Waals surface area (Å²) in [6, 6.07) is 16.8. The van der Waals surface area contributed by atoms with Gasteiger partial charge < -0.3 is 0 Å². The lowest BCUT2D eigenvalue weighted by molar-refractivity contribution is 0.315. The number of piperidine rings is 1. The van der Waals surface area contributed by atoms with Gasteiger partial charge in [0.15, 0.2) is 0 Å². The van der Waals surface area contributed by atoms with Crippen molar-refractivity contribution in [3.63, 3.8) is 0 Å². The van der Waals surface area contributed by atoms with Gasteiger partial charge in [0.2, 0.25) is 10.0 Å². The zero-order chi connectivity index (χ0) is 16.6. The van der Waals surface area contributed by atoms with Gasteiger partial charge >= 0.3 is 0 Å². The van der Waals surface area contributed by atoms with Crippen molar-refractivity contribution in [3.05, 3.63) is 59.6 Å². The Balaban J connectivity index is 1.62. The van der Waals surface area contributed by atoms with E-state index in [1.165, 1.54) is 0 Å². The Kier molecular flexibility index (Phi) is 4.12. The molecule has 2 heterocycles. The summed E-state index contributed by atoms with van der Waals surface area (Å²) >= 11 is 1.68. The quantitative estimate of drug-likeness (QED) is 0.714. The molecule has 4 nitrogen and oxygen atoms in total. The van der Waals surface area contributed by atoms with Crippen molar-refractivity contribution in [2.45, 2.75) is 23.7 Å². The summed E-state index contributed by atoms with van der Waals surface area (Å²) in [5, 5.41) is 1.05. The summed E-state index contributed by atoms with van der Waals surface area (Å²) in [7, 11) is -3.42. The third-order valence-electron chi connectivity index (χ3n) is 4.42. The van der Waals surface area contributed by atoms with E-state index in [1.54, 1.807) is 39.9 Å². The van der Waals surface area contributed by atoms with Crippen molar-refractivity contribution in [2.75, 3.05) is 13.1 Å². The lowest BCUT2D eigenvalue weighted by Gasteiger charge is -2.30. The van der Waals surface area contributed by atoms with Crippen LogP contribution in [-0.2, 0) is 10.0 Å². The SMILES string of the molecule is O=S(=O)(c1ccccc1)N1CCCC(c2nc3ccccc3s2)C1. The minimum atomic E-state index is -3.42. The molecule has 124 valence electrons. The van der Waals surface area contributed by atoms with Gasteiger partial charge in [-0.3, -0.25) is 0 Å². The Morgan fingerprint density at radius 1 is 1.04 bits per heavy atom. The first-order valence-electron chi connectivity index (χ1n) is 8.05. The maximum absolute atomic E-state index is 12.8. The van der Waals surface area contributed by atoms with Crippen LogP contribution in [0.5, 0.6) is 0 Å². The van der Waals surface area contributed by atoms with Crippen LogP contribution >= 0.6 is 11.3 Å². The molecule has 1 fully saturated rings. The molecule has 1 aliphatic rings. The van der Waals surface area contributed by atoms with E-state index < -0.39 is 10.0 Å². The molecule has 1 unspecified atom stereocenters. The van der Waals surface area contributed by atoms with Gasteiger partial charge in [0.25, 0.3) is 0 Å². The molecule has 24 heavy (non-hydrogen) atoms. The van der Waals surface area contributed by atoms with Crippen LogP contribution in [0.1, 0.15) is 23.8 Å². The van der Waals surface area contributed by atoms with Crippen LogP contribution in [0.2, 0.25) is 0 Å². The highest BCUT2D eigenvalue weighted by Crippen LogP contribution is 2.34. The maximum atomic E-state index is 12.8. The van der Waals surface area contributed by atoms with Gasteiger partial charge in [0.05, 0.1) is 20.1 Å².